The summed E-state index contributed by atoms with van der Waals surface area (Å²) < 4.78 is 0. The first kappa shape index (κ1) is 17.5. The highest BCUT2D eigenvalue weighted by Crippen LogP contribution is 2.27. The summed E-state index contributed by atoms with van der Waals surface area (Å²) in [6.45, 7) is 3.20. The lowest BCUT2D eigenvalue weighted by atomic mass is 9.98. The number of fused-ring (bicyclic) bond motifs is 2. The molecule has 4 aromatic rings. The van der Waals surface area contributed by atoms with Crippen LogP contribution in [0.4, 0.5) is 0 Å². The van der Waals surface area contributed by atoms with Crippen molar-refractivity contribution >= 4 is 16.8 Å². The second kappa shape index (κ2) is 7.09. The highest BCUT2D eigenvalue weighted by molar-refractivity contribution is 6.07. The molecule has 2 aromatic heterocycles. The predicted molar refractivity (Wildman–Crippen MR) is 112 cm³/mol. The zero-order valence-corrected chi connectivity index (χ0v) is 16.2. The van der Waals surface area contributed by atoms with Gasteiger partial charge in [-0.15, -0.1) is 0 Å². The molecule has 29 heavy (non-hydrogen) atoms. The highest BCUT2D eigenvalue weighted by Gasteiger charge is 2.24. The van der Waals surface area contributed by atoms with E-state index in [0.29, 0.717) is 23.6 Å². The van der Waals surface area contributed by atoms with Crippen LogP contribution in [0.1, 0.15) is 27.3 Å². The average Bonchev–Trinajstić information content (AvgIpc) is 2.78. The maximum absolute atomic E-state index is 13.5. The van der Waals surface area contributed by atoms with Gasteiger partial charge in [0.1, 0.15) is 5.82 Å². The number of rotatable bonds is 2. The van der Waals surface area contributed by atoms with Crippen LogP contribution in [0.25, 0.3) is 22.2 Å². The first-order valence-electron chi connectivity index (χ1n) is 9.74. The van der Waals surface area contributed by atoms with E-state index in [4.69, 9.17) is 4.98 Å². The zero-order valence-electron chi connectivity index (χ0n) is 16.2. The molecular formula is C24H20N4O. The van der Waals surface area contributed by atoms with Crippen LogP contribution in [0, 0.1) is 6.92 Å². The van der Waals surface area contributed by atoms with Gasteiger partial charge in [-0.2, -0.15) is 0 Å². The Kier molecular flexibility index (Phi) is 4.28. The number of benzene rings is 2. The average molecular weight is 380 g/mol. The topological polar surface area (TPSA) is 59.0 Å². The fourth-order valence-electron chi connectivity index (χ4n) is 3.86. The van der Waals surface area contributed by atoms with Gasteiger partial charge in [-0.05, 0) is 36.6 Å². The number of hydrogen-bond acceptors (Lipinski definition) is 4. The zero-order chi connectivity index (χ0) is 19.8. The van der Waals surface area contributed by atoms with E-state index >= 15 is 0 Å². The molecule has 2 aromatic carbocycles. The number of amides is 1. The predicted octanol–water partition coefficient (Wildman–Crippen LogP) is 4.20. The summed E-state index contributed by atoms with van der Waals surface area (Å²) in [5.74, 6) is 0.741. The first-order valence-corrected chi connectivity index (χ1v) is 9.74. The molecule has 0 aliphatic carbocycles. The van der Waals surface area contributed by atoms with E-state index in [1.54, 1.807) is 12.4 Å². The van der Waals surface area contributed by atoms with Crippen LogP contribution in [0.15, 0.2) is 67.0 Å². The van der Waals surface area contributed by atoms with E-state index in [1.807, 2.05) is 48.2 Å². The second-order valence-corrected chi connectivity index (χ2v) is 7.34. The second-order valence-electron chi connectivity index (χ2n) is 7.34. The summed E-state index contributed by atoms with van der Waals surface area (Å²) in [5.41, 5.74) is 5.53. The molecule has 142 valence electrons. The summed E-state index contributed by atoms with van der Waals surface area (Å²) in [4.78, 5) is 28.8. The molecule has 1 aliphatic heterocycles. The van der Waals surface area contributed by atoms with Crippen LogP contribution in [-0.4, -0.2) is 32.3 Å². The van der Waals surface area contributed by atoms with Crippen LogP contribution in [0.2, 0.25) is 0 Å². The fourth-order valence-corrected chi connectivity index (χ4v) is 3.86. The van der Waals surface area contributed by atoms with Gasteiger partial charge in [-0.1, -0.05) is 42.5 Å². The van der Waals surface area contributed by atoms with Crippen LogP contribution in [0.3, 0.4) is 0 Å². The minimum Gasteiger partial charge on any atom is -0.334 e. The molecule has 5 nitrogen and oxygen atoms in total. The largest absolute Gasteiger partial charge is 0.334 e. The molecule has 1 amide bonds. The number of carbonyl (C=O) groups excluding carboxylic acids is 1. The minimum atomic E-state index is 0.0346. The molecule has 0 bridgehead atoms. The lowest BCUT2D eigenvalue weighted by Crippen LogP contribution is -2.36. The van der Waals surface area contributed by atoms with Gasteiger partial charge in [-0.3, -0.25) is 4.79 Å². The van der Waals surface area contributed by atoms with Crippen LogP contribution >= 0.6 is 0 Å². The fraction of sp³-hybridized carbons (Fsp3) is 0.167. The number of aromatic nitrogens is 3. The van der Waals surface area contributed by atoms with Crippen molar-refractivity contribution in [2.45, 2.75) is 19.9 Å². The van der Waals surface area contributed by atoms with Crippen molar-refractivity contribution < 1.29 is 4.79 Å². The van der Waals surface area contributed by atoms with Gasteiger partial charge in [0, 0.05) is 36.4 Å². The van der Waals surface area contributed by atoms with Crippen molar-refractivity contribution in [3.05, 3.63) is 89.5 Å². The number of para-hydroxylation sites is 1. The summed E-state index contributed by atoms with van der Waals surface area (Å²) in [6.07, 6.45) is 4.39. The Labute approximate surface area is 169 Å². The maximum atomic E-state index is 13.5. The van der Waals surface area contributed by atoms with E-state index in [1.165, 1.54) is 11.1 Å². The molecule has 5 rings (SSSR count). The molecule has 5 heteroatoms. The molecule has 0 saturated carbocycles. The highest BCUT2D eigenvalue weighted by atomic mass is 16.2. The maximum Gasteiger partial charge on any atom is 0.254 e. The first-order chi connectivity index (χ1) is 14.2. The lowest BCUT2D eigenvalue weighted by Gasteiger charge is -2.29. The molecule has 0 atom stereocenters. The van der Waals surface area contributed by atoms with Gasteiger partial charge in [0.15, 0.2) is 0 Å². The van der Waals surface area contributed by atoms with Gasteiger partial charge in [0.2, 0.25) is 0 Å². The quantitative estimate of drug-likeness (QED) is 0.523. The number of carbonyl (C=O) groups is 1. The summed E-state index contributed by atoms with van der Waals surface area (Å²) in [5, 5.41) is 0.869. The molecule has 1 aliphatic rings. The van der Waals surface area contributed by atoms with Gasteiger partial charge < -0.3 is 4.90 Å². The smallest absolute Gasteiger partial charge is 0.254 e. The summed E-state index contributed by atoms with van der Waals surface area (Å²) >= 11 is 0. The summed E-state index contributed by atoms with van der Waals surface area (Å²) in [6, 6.07) is 18.0. The molecule has 0 unspecified atom stereocenters. The van der Waals surface area contributed by atoms with E-state index in [2.05, 4.69) is 28.2 Å². The molecular weight excluding hydrogens is 360 g/mol. The van der Waals surface area contributed by atoms with Gasteiger partial charge in [0.05, 0.1) is 16.8 Å². The van der Waals surface area contributed by atoms with Crippen molar-refractivity contribution in [2.24, 2.45) is 0 Å². The monoisotopic (exact) mass is 380 g/mol. The SMILES string of the molecule is Cc1ncc(-c2cc(C(=O)N3CCc4ccccc4C3)c3ccccc3n2)cn1. The number of nitrogens with zero attached hydrogens (tertiary/aromatic N) is 4. The van der Waals surface area contributed by atoms with Gasteiger partial charge in [-0.25, -0.2) is 15.0 Å². The lowest BCUT2D eigenvalue weighted by molar-refractivity contribution is 0.0736. The number of hydrogen-bond donors (Lipinski definition) is 0. The van der Waals surface area contributed by atoms with Crippen molar-refractivity contribution in [1.29, 1.82) is 0 Å². The van der Waals surface area contributed by atoms with Crippen molar-refractivity contribution in [3.8, 4) is 11.3 Å². The Hall–Kier alpha value is -3.60. The normalized spacial score (nSPS) is 13.3. The van der Waals surface area contributed by atoms with Crippen molar-refractivity contribution in [2.75, 3.05) is 6.54 Å². The van der Waals surface area contributed by atoms with E-state index < -0.39 is 0 Å². The Morgan fingerprint density at radius 2 is 1.69 bits per heavy atom. The Morgan fingerprint density at radius 3 is 2.52 bits per heavy atom. The standard InChI is InChI=1S/C24H20N4O/c1-16-25-13-19(14-26-16)23-12-21(20-8-4-5-9-22(20)27-23)24(29)28-11-10-17-6-2-3-7-18(17)15-28/h2-9,12-14H,10-11,15H2,1H3. The number of aryl methyl sites for hydroxylation is 1. The molecule has 0 saturated heterocycles. The van der Waals surface area contributed by atoms with Gasteiger partial charge in [0.25, 0.3) is 5.91 Å². The van der Waals surface area contributed by atoms with Gasteiger partial charge >= 0.3 is 0 Å². The van der Waals surface area contributed by atoms with E-state index in [-0.39, 0.29) is 5.91 Å². The van der Waals surface area contributed by atoms with Crippen LogP contribution < -0.4 is 0 Å². The van der Waals surface area contributed by atoms with Crippen molar-refractivity contribution in [3.63, 3.8) is 0 Å². The third-order valence-electron chi connectivity index (χ3n) is 5.44. The Bertz CT molecular complexity index is 1220. The molecule has 0 spiro atoms. The van der Waals surface area contributed by atoms with E-state index in [9.17, 15) is 4.79 Å². The summed E-state index contributed by atoms with van der Waals surface area (Å²) in [7, 11) is 0. The molecule has 0 radical (unpaired) electrons. The number of pyridine rings is 1. The molecule has 3 heterocycles. The molecule has 0 fully saturated rings. The third kappa shape index (κ3) is 3.25. The third-order valence-corrected chi connectivity index (χ3v) is 5.44. The Morgan fingerprint density at radius 1 is 0.966 bits per heavy atom. The van der Waals surface area contributed by atoms with Crippen LogP contribution in [0.5, 0.6) is 0 Å². The van der Waals surface area contributed by atoms with E-state index in [0.717, 1.165) is 29.4 Å². The Balaban J connectivity index is 1.58. The molecule has 0 N–H and O–H groups in total. The van der Waals surface area contributed by atoms with Crippen molar-refractivity contribution in [1.82, 2.24) is 19.9 Å². The minimum absolute atomic E-state index is 0.0346. The van der Waals surface area contributed by atoms with Crippen LogP contribution in [-0.2, 0) is 13.0 Å².